The van der Waals surface area contributed by atoms with Crippen LogP contribution in [0, 0.1) is 0 Å². The van der Waals surface area contributed by atoms with Crippen molar-refractivity contribution in [2.45, 2.75) is 18.6 Å². The van der Waals surface area contributed by atoms with Crippen molar-refractivity contribution in [2.24, 2.45) is 10.2 Å². The molecule has 0 spiro atoms. The second-order valence-electron chi connectivity index (χ2n) is 4.47. The highest BCUT2D eigenvalue weighted by Gasteiger charge is 2.32. The van der Waals surface area contributed by atoms with E-state index in [1.165, 1.54) is 6.21 Å². The summed E-state index contributed by atoms with van der Waals surface area (Å²) in [6, 6.07) is 5.48. The molecular weight excluding hydrogens is 386 g/mol. The number of rotatable bonds is 6. The molecule has 23 heavy (non-hydrogen) atoms. The highest BCUT2D eigenvalue weighted by molar-refractivity contribution is 9.10. The number of carboxylic acid groups (broad SMARTS) is 1. The van der Waals surface area contributed by atoms with Gasteiger partial charge in [-0.1, -0.05) is 11.8 Å². The Balaban J connectivity index is 2.00. The van der Waals surface area contributed by atoms with E-state index in [1.54, 1.807) is 0 Å². The molecule has 122 valence electrons. The molecule has 1 aliphatic heterocycles. The number of hydrogen-bond acceptors (Lipinski definition) is 6. The van der Waals surface area contributed by atoms with Gasteiger partial charge in [0, 0.05) is 0 Å². The second kappa shape index (κ2) is 8.11. The molecule has 0 aromatic heterocycles. The van der Waals surface area contributed by atoms with E-state index in [-0.39, 0.29) is 12.3 Å². The molecule has 1 aromatic carbocycles. The normalized spacial score (nSPS) is 19.3. The van der Waals surface area contributed by atoms with Gasteiger partial charge in [-0.2, -0.15) is 5.10 Å². The van der Waals surface area contributed by atoms with Crippen LogP contribution in [0.5, 0.6) is 5.75 Å². The van der Waals surface area contributed by atoms with Gasteiger partial charge >= 0.3 is 5.97 Å². The average molecular weight is 400 g/mol. The number of amides is 1. The molecule has 0 aliphatic carbocycles. The Bertz CT molecular complexity index is 678. The predicted molar refractivity (Wildman–Crippen MR) is 92.1 cm³/mol. The Morgan fingerprint density at radius 3 is 3.00 bits per heavy atom. The molecule has 1 aromatic rings. The minimum Gasteiger partial charge on any atom is -0.493 e. The van der Waals surface area contributed by atoms with Gasteiger partial charge < -0.3 is 15.2 Å². The van der Waals surface area contributed by atoms with E-state index in [1.807, 2.05) is 25.1 Å². The van der Waals surface area contributed by atoms with Gasteiger partial charge in [0.25, 0.3) is 0 Å². The van der Waals surface area contributed by atoms with Crippen molar-refractivity contribution in [1.29, 1.82) is 0 Å². The first-order chi connectivity index (χ1) is 11.0. The summed E-state index contributed by atoms with van der Waals surface area (Å²) in [6.07, 6.45) is 1.29. The zero-order valence-corrected chi connectivity index (χ0v) is 14.6. The van der Waals surface area contributed by atoms with Crippen molar-refractivity contribution in [3.8, 4) is 5.75 Å². The third kappa shape index (κ3) is 5.07. The third-order valence-electron chi connectivity index (χ3n) is 2.75. The molecular formula is C14H14BrN3O4S. The van der Waals surface area contributed by atoms with Crippen LogP contribution in [-0.4, -0.2) is 40.2 Å². The monoisotopic (exact) mass is 399 g/mol. The largest absolute Gasteiger partial charge is 0.493 e. The van der Waals surface area contributed by atoms with E-state index in [0.29, 0.717) is 11.8 Å². The first-order valence-corrected chi connectivity index (χ1v) is 8.39. The molecule has 1 atom stereocenters. The van der Waals surface area contributed by atoms with Gasteiger partial charge in [-0.3, -0.25) is 9.59 Å². The summed E-state index contributed by atoms with van der Waals surface area (Å²) < 4.78 is 6.22. The smallest absolute Gasteiger partial charge is 0.305 e. The summed E-state index contributed by atoms with van der Waals surface area (Å²) in [7, 11) is 0. The fraction of sp³-hybridized carbons (Fsp3) is 0.286. The maximum absolute atomic E-state index is 11.5. The summed E-state index contributed by atoms with van der Waals surface area (Å²) in [5.41, 5.74) is 0.807. The Labute approximate surface area is 145 Å². The number of ether oxygens (including phenoxy) is 1. The predicted octanol–water partition coefficient (Wildman–Crippen LogP) is 2.24. The van der Waals surface area contributed by atoms with Crippen LogP contribution in [0.3, 0.4) is 0 Å². The third-order valence-corrected chi connectivity index (χ3v) is 4.44. The molecule has 0 saturated carbocycles. The maximum Gasteiger partial charge on any atom is 0.305 e. The first-order valence-electron chi connectivity index (χ1n) is 6.72. The van der Waals surface area contributed by atoms with Crippen molar-refractivity contribution >= 4 is 51.0 Å². The van der Waals surface area contributed by atoms with Gasteiger partial charge in [-0.05, 0) is 46.6 Å². The van der Waals surface area contributed by atoms with Crippen LogP contribution in [0.15, 0.2) is 32.9 Å². The van der Waals surface area contributed by atoms with Gasteiger partial charge in [0.15, 0.2) is 5.17 Å². The molecule has 1 amide bonds. The molecule has 1 aliphatic rings. The minimum absolute atomic E-state index is 0.245. The zero-order valence-electron chi connectivity index (χ0n) is 12.2. The van der Waals surface area contributed by atoms with Crippen molar-refractivity contribution in [1.82, 2.24) is 5.32 Å². The lowest BCUT2D eigenvalue weighted by Crippen LogP contribution is -2.26. The number of hydrogen-bond donors (Lipinski definition) is 2. The average Bonchev–Trinajstić information content (AvgIpc) is 2.81. The number of amidine groups is 1. The lowest BCUT2D eigenvalue weighted by Gasteiger charge is -2.05. The van der Waals surface area contributed by atoms with Crippen LogP contribution in [0.2, 0.25) is 0 Å². The topological polar surface area (TPSA) is 100 Å². The lowest BCUT2D eigenvalue weighted by atomic mass is 10.2. The summed E-state index contributed by atoms with van der Waals surface area (Å²) >= 11 is 4.47. The lowest BCUT2D eigenvalue weighted by molar-refractivity contribution is -0.138. The van der Waals surface area contributed by atoms with Crippen LogP contribution < -0.4 is 10.1 Å². The molecule has 1 heterocycles. The number of carbonyl (C=O) groups excluding carboxylic acids is 1. The van der Waals surface area contributed by atoms with E-state index in [2.05, 4.69) is 31.4 Å². The van der Waals surface area contributed by atoms with Crippen molar-refractivity contribution in [3.63, 3.8) is 0 Å². The summed E-state index contributed by atoms with van der Waals surface area (Å²) in [4.78, 5) is 22.2. The Morgan fingerprint density at radius 2 is 2.35 bits per heavy atom. The van der Waals surface area contributed by atoms with Crippen LogP contribution in [0.25, 0.3) is 0 Å². The highest BCUT2D eigenvalue weighted by atomic mass is 79.9. The van der Waals surface area contributed by atoms with Gasteiger partial charge in [0.2, 0.25) is 5.91 Å². The Morgan fingerprint density at radius 1 is 1.57 bits per heavy atom. The number of carboxylic acids is 1. The van der Waals surface area contributed by atoms with Crippen LogP contribution >= 0.6 is 27.7 Å². The Hall–Kier alpha value is -1.87. The number of nitrogens with zero attached hydrogens (tertiary/aromatic N) is 2. The van der Waals surface area contributed by atoms with Crippen molar-refractivity contribution < 1.29 is 19.4 Å². The molecule has 0 radical (unpaired) electrons. The molecule has 2 rings (SSSR count). The zero-order chi connectivity index (χ0) is 16.8. The number of aliphatic carboxylic acids is 1. The SMILES string of the molecule is CCOc1ccc(/C=N\N=C2\NC(=O)[C@@H](CC(=O)O)S2)cc1Br. The second-order valence-corrected chi connectivity index (χ2v) is 6.51. The van der Waals surface area contributed by atoms with E-state index >= 15 is 0 Å². The van der Waals surface area contributed by atoms with Gasteiger partial charge in [0.1, 0.15) is 11.0 Å². The molecule has 1 fully saturated rings. The molecule has 9 heteroatoms. The standard InChI is InChI=1S/C14H14BrN3O4S/c1-2-22-10-4-3-8(5-9(10)15)7-16-18-14-17-13(21)11(23-14)6-12(19)20/h3-5,7,11H,2,6H2,1H3,(H,19,20)(H,17,18,21)/b16-7-/t11-/m1/s1. The van der Waals surface area contributed by atoms with Crippen LogP contribution in [0.4, 0.5) is 0 Å². The summed E-state index contributed by atoms with van der Waals surface area (Å²) in [6.45, 7) is 2.48. The molecule has 7 nitrogen and oxygen atoms in total. The molecule has 2 N–H and O–H groups in total. The van der Waals surface area contributed by atoms with E-state index in [4.69, 9.17) is 9.84 Å². The fourth-order valence-electron chi connectivity index (χ4n) is 1.76. The van der Waals surface area contributed by atoms with Gasteiger partial charge in [-0.25, -0.2) is 0 Å². The van der Waals surface area contributed by atoms with Crippen molar-refractivity contribution in [2.75, 3.05) is 6.61 Å². The van der Waals surface area contributed by atoms with Crippen LogP contribution in [-0.2, 0) is 9.59 Å². The maximum atomic E-state index is 11.5. The number of halogens is 1. The van der Waals surface area contributed by atoms with E-state index in [0.717, 1.165) is 27.5 Å². The van der Waals surface area contributed by atoms with Gasteiger partial charge in [-0.15, -0.1) is 5.10 Å². The van der Waals surface area contributed by atoms with Gasteiger partial charge in [0.05, 0.1) is 23.7 Å². The number of benzene rings is 1. The minimum atomic E-state index is -1.03. The molecule has 0 bridgehead atoms. The fourth-order valence-corrected chi connectivity index (χ4v) is 3.19. The number of nitrogens with one attached hydrogen (secondary N) is 1. The number of carbonyl (C=O) groups is 2. The van der Waals surface area contributed by atoms with E-state index in [9.17, 15) is 9.59 Å². The molecule has 1 saturated heterocycles. The Kier molecular flexibility index (Phi) is 6.17. The quantitative estimate of drug-likeness (QED) is 0.564. The molecule has 0 unspecified atom stereocenters. The highest BCUT2D eigenvalue weighted by Crippen LogP contribution is 2.25. The summed E-state index contributed by atoms with van der Waals surface area (Å²) in [5, 5.41) is 18.6. The summed E-state index contributed by atoms with van der Waals surface area (Å²) in [5.74, 6) is -0.650. The van der Waals surface area contributed by atoms with E-state index < -0.39 is 11.2 Å². The van der Waals surface area contributed by atoms with Crippen molar-refractivity contribution in [3.05, 3.63) is 28.2 Å². The van der Waals surface area contributed by atoms with Crippen LogP contribution in [0.1, 0.15) is 18.9 Å². The number of thioether (sulfide) groups is 1. The first kappa shape index (κ1) is 17.5.